The third kappa shape index (κ3) is 3.07. The number of hydrogen-bond donors (Lipinski definition) is 1. The van der Waals surface area contributed by atoms with Gasteiger partial charge in [0.1, 0.15) is 6.07 Å². The van der Waals surface area contributed by atoms with E-state index >= 15 is 0 Å². The molecule has 0 aromatic rings. The van der Waals surface area contributed by atoms with Gasteiger partial charge in [0.25, 0.3) is 6.43 Å². The van der Waals surface area contributed by atoms with Gasteiger partial charge in [-0.05, 0) is 6.92 Å². The van der Waals surface area contributed by atoms with E-state index in [-0.39, 0.29) is 6.61 Å². The summed E-state index contributed by atoms with van der Waals surface area (Å²) in [5, 5.41) is 16.8. The van der Waals surface area contributed by atoms with Crippen LogP contribution in [0.3, 0.4) is 0 Å². The van der Waals surface area contributed by atoms with Crippen molar-refractivity contribution in [3.63, 3.8) is 0 Å². The van der Waals surface area contributed by atoms with Crippen LogP contribution in [0.2, 0.25) is 0 Å². The van der Waals surface area contributed by atoms with Crippen LogP contribution in [0, 0.1) is 11.3 Å². The van der Waals surface area contributed by atoms with E-state index in [1.807, 2.05) is 0 Å². The highest BCUT2D eigenvalue weighted by atomic mass is 19.3. The molecule has 72 valence electrons. The number of aliphatic hydroxyl groups excluding tert-OH is 1. The average Bonchev–Trinajstić information content (AvgIpc) is 2.05. The molecule has 0 bridgehead atoms. The molecule has 13 heavy (non-hydrogen) atoms. The molecule has 4 nitrogen and oxygen atoms in total. The number of carbonyl (C=O) groups is 1. The number of ether oxygens (including phenoxy) is 1. The lowest BCUT2D eigenvalue weighted by Gasteiger charge is -2.02. The van der Waals surface area contributed by atoms with Crippen molar-refractivity contribution in [3.8, 4) is 6.07 Å². The largest absolute Gasteiger partial charge is 0.505 e. The minimum Gasteiger partial charge on any atom is -0.505 e. The molecular formula is C7H7F2NO3. The van der Waals surface area contributed by atoms with E-state index in [4.69, 9.17) is 10.4 Å². The number of esters is 1. The summed E-state index contributed by atoms with van der Waals surface area (Å²) in [4.78, 5) is 10.7. The van der Waals surface area contributed by atoms with Crippen molar-refractivity contribution in [1.82, 2.24) is 0 Å². The molecule has 0 aromatic carbocycles. The summed E-state index contributed by atoms with van der Waals surface area (Å²) >= 11 is 0. The van der Waals surface area contributed by atoms with E-state index < -0.39 is 23.7 Å². The Bertz CT molecular complexity index is 267. The highest BCUT2D eigenvalue weighted by Gasteiger charge is 2.22. The van der Waals surface area contributed by atoms with Crippen molar-refractivity contribution < 1.29 is 23.4 Å². The molecule has 0 rings (SSSR count). The summed E-state index contributed by atoms with van der Waals surface area (Å²) in [7, 11) is 0. The summed E-state index contributed by atoms with van der Waals surface area (Å²) in [6, 6.07) is 1.14. The maximum atomic E-state index is 11.8. The molecule has 0 saturated heterocycles. The lowest BCUT2D eigenvalue weighted by atomic mass is 10.2. The Morgan fingerprint density at radius 1 is 1.69 bits per heavy atom. The van der Waals surface area contributed by atoms with Gasteiger partial charge in [0.2, 0.25) is 0 Å². The third-order valence-corrected chi connectivity index (χ3v) is 1.05. The molecule has 0 fully saturated rings. The number of nitrogens with zero attached hydrogens (tertiary/aromatic N) is 1. The standard InChI is InChI=1S/C7H7F2NO3/c1-2-13-7(12)4(3-10)5(11)6(8)9/h6,11H,2H2,1H3/b5-4-. The monoisotopic (exact) mass is 191 g/mol. The summed E-state index contributed by atoms with van der Waals surface area (Å²) in [6.07, 6.45) is -3.25. The van der Waals surface area contributed by atoms with Crippen LogP contribution in [0.1, 0.15) is 6.92 Å². The minimum atomic E-state index is -3.25. The molecule has 6 heteroatoms. The fraction of sp³-hybridized carbons (Fsp3) is 0.429. The first-order valence-electron chi connectivity index (χ1n) is 3.33. The molecule has 0 unspecified atom stereocenters. The van der Waals surface area contributed by atoms with Crippen molar-refractivity contribution in [2.24, 2.45) is 0 Å². The van der Waals surface area contributed by atoms with Crippen LogP contribution >= 0.6 is 0 Å². The van der Waals surface area contributed by atoms with Crippen molar-refractivity contribution >= 4 is 5.97 Å². The predicted molar refractivity (Wildman–Crippen MR) is 37.9 cm³/mol. The molecule has 0 spiro atoms. The van der Waals surface area contributed by atoms with Crippen LogP contribution in [-0.2, 0) is 9.53 Å². The fourth-order valence-electron chi connectivity index (χ4n) is 0.520. The second-order valence-electron chi connectivity index (χ2n) is 1.89. The Hall–Kier alpha value is -1.64. The fourth-order valence-corrected chi connectivity index (χ4v) is 0.520. The molecule has 0 aliphatic rings. The van der Waals surface area contributed by atoms with E-state index in [2.05, 4.69) is 4.74 Å². The van der Waals surface area contributed by atoms with E-state index in [1.54, 1.807) is 0 Å². The number of hydrogen-bond acceptors (Lipinski definition) is 4. The Morgan fingerprint density at radius 3 is 2.54 bits per heavy atom. The maximum absolute atomic E-state index is 11.8. The summed E-state index contributed by atoms with van der Waals surface area (Å²) in [6.45, 7) is 1.40. The molecule has 0 radical (unpaired) electrons. The van der Waals surface area contributed by atoms with Gasteiger partial charge in [0.15, 0.2) is 11.3 Å². The molecule has 0 saturated carbocycles. The SMILES string of the molecule is CCOC(=O)/C(C#N)=C(\O)C(F)F. The first-order chi connectivity index (χ1) is 6.04. The average molecular weight is 191 g/mol. The van der Waals surface area contributed by atoms with E-state index in [0.29, 0.717) is 0 Å². The number of allylic oxidation sites excluding steroid dienone is 1. The minimum absolute atomic E-state index is 0.0550. The number of aliphatic hydroxyl groups is 1. The maximum Gasteiger partial charge on any atom is 0.352 e. The van der Waals surface area contributed by atoms with Gasteiger partial charge >= 0.3 is 5.97 Å². The lowest BCUT2D eigenvalue weighted by molar-refractivity contribution is -0.138. The molecule has 0 atom stereocenters. The Balaban J connectivity index is 4.80. The molecule has 0 aliphatic carbocycles. The van der Waals surface area contributed by atoms with Crippen molar-refractivity contribution in [2.75, 3.05) is 6.61 Å². The molecule has 0 aromatic heterocycles. The van der Waals surface area contributed by atoms with Crippen molar-refractivity contribution in [2.45, 2.75) is 13.3 Å². The van der Waals surface area contributed by atoms with E-state index in [9.17, 15) is 13.6 Å². The molecular weight excluding hydrogens is 184 g/mol. The van der Waals surface area contributed by atoms with Crippen LogP contribution < -0.4 is 0 Å². The zero-order valence-electron chi connectivity index (χ0n) is 6.75. The normalized spacial score (nSPS) is 11.9. The number of halogens is 2. The Labute approximate surface area is 73.0 Å². The van der Waals surface area contributed by atoms with Gasteiger partial charge in [-0.25, -0.2) is 13.6 Å². The topological polar surface area (TPSA) is 70.3 Å². The number of carbonyl (C=O) groups excluding carboxylic acids is 1. The van der Waals surface area contributed by atoms with Crippen LogP contribution in [-0.4, -0.2) is 24.1 Å². The van der Waals surface area contributed by atoms with Gasteiger partial charge in [-0.3, -0.25) is 0 Å². The zero-order chi connectivity index (χ0) is 10.4. The quantitative estimate of drug-likeness (QED) is 0.314. The smallest absolute Gasteiger partial charge is 0.352 e. The van der Waals surface area contributed by atoms with E-state index in [1.165, 1.54) is 6.92 Å². The van der Waals surface area contributed by atoms with E-state index in [0.717, 1.165) is 6.07 Å². The molecule has 0 aliphatic heterocycles. The van der Waals surface area contributed by atoms with Gasteiger partial charge < -0.3 is 9.84 Å². The summed E-state index contributed by atoms with van der Waals surface area (Å²) in [5.74, 6) is -2.80. The Kier molecular flexibility index (Phi) is 4.44. The number of rotatable bonds is 3. The molecule has 0 amide bonds. The predicted octanol–water partition coefficient (Wildman–Crippen LogP) is 1.15. The van der Waals surface area contributed by atoms with Gasteiger partial charge in [0, 0.05) is 0 Å². The summed E-state index contributed by atoms with van der Waals surface area (Å²) < 4.78 is 27.9. The van der Waals surface area contributed by atoms with Crippen LogP contribution in [0.4, 0.5) is 8.78 Å². The first-order valence-corrected chi connectivity index (χ1v) is 3.33. The highest BCUT2D eigenvalue weighted by Crippen LogP contribution is 2.11. The van der Waals surface area contributed by atoms with Gasteiger partial charge in [0.05, 0.1) is 6.61 Å². The number of alkyl halides is 2. The second kappa shape index (κ2) is 5.09. The number of nitriles is 1. The van der Waals surface area contributed by atoms with Gasteiger partial charge in [-0.1, -0.05) is 0 Å². The van der Waals surface area contributed by atoms with Crippen LogP contribution in [0.5, 0.6) is 0 Å². The van der Waals surface area contributed by atoms with Crippen LogP contribution in [0.25, 0.3) is 0 Å². The van der Waals surface area contributed by atoms with Crippen LogP contribution in [0.15, 0.2) is 11.3 Å². The highest BCUT2D eigenvalue weighted by molar-refractivity contribution is 5.93. The zero-order valence-corrected chi connectivity index (χ0v) is 6.75. The lowest BCUT2D eigenvalue weighted by Crippen LogP contribution is -2.12. The summed E-state index contributed by atoms with van der Waals surface area (Å²) in [5.41, 5.74) is -1.06. The second-order valence-corrected chi connectivity index (χ2v) is 1.89. The van der Waals surface area contributed by atoms with Gasteiger partial charge in [-0.2, -0.15) is 5.26 Å². The first kappa shape index (κ1) is 11.4. The van der Waals surface area contributed by atoms with Crippen molar-refractivity contribution in [3.05, 3.63) is 11.3 Å². The molecule has 1 N–H and O–H groups in total. The third-order valence-electron chi connectivity index (χ3n) is 1.05. The molecule has 0 heterocycles. The van der Waals surface area contributed by atoms with Crippen molar-refractivity contribution in [1.29, 1.82) is 5.26 Å². The Morgan fingerprint density at radius 2 is 2.23 bits per heavy atom. The van der Waals surface area contributed by atoms with Gasteiger partial charge in [-0.15, -0.1) is 0 Å².